The average Bonchev–Trinajstić information content (AvgIpc) is 3.07. The second kappa shape index (κ2) is 8.45. The van der Waals surface area contributed by atoms with E-state index in [1.165, 1.54) is 21.3 Å². The summed E-state index contributed by atoms with van der Waals surface area (Å²) >= 11 is 0. The summed E-state index contributed by atoms with van der Waals surface area (Å²) in [5.74, 6) is 1.92. The van der Waals surface area contributed by atoms with Crippen LogP contribution in [0.5, 0.6) is 23.0 Å². The van der Waals surface area contributed by atoms with Crippen molar-refractivity contribution in [2.75, 3.05) is 42.5 Å². The molecule has 3 aromatic rings. The third kappa shape index (κ3) is 3.86. The Balaban J connectivity index is 2.20. The van der Waals surface area contributed by atoms with E-state index in [-0.39, 0.29) is 5.78 Å². The summed E-state index contributed by atoms with van der Waals surface area (Å²) in [7, 11) is 10.1. The summed E-state index contributed by atoms with van der Waals surface area (Å²) in [6.45, 7) is 0.586. The number of carbonyl (C=O) groups is 1. The molecule has 0 amide bonds. The predicted molar refractivity (Wildman–Crippen MR) is 112 cm³/mol. The second-order valence-electron chi connectivity index (χ2n) is 6.87. The second-order valence-corrected chi connectivity index (χ2v) is 6.87. The molecule has 0 saturated heterocycles. The molecule has 0 spiro atoms. The Labute approximate surface area is 170 Å². The van der Waals surface area contributed by atoms with Crippen molar-refractivity contribution >= 4 is 16.7 Å². The minimum Gasteiger partial charge on any atom is -0.497 e. The van der Waals surface area contributed by atoms with Gasteiger partial charge in [-0.2, -0.15) is 0 Å². The number of hydrogen-bond donors (Lipinski definition) is 1. The maximum Gasteiger partial charge on any atom is 0.203 e. The van der Waals surface area contributed by atoms with Crippen LogP contribution in [0.25, 0.3) is 10.9 Å². The Morgan fingerprint density at radius 2 is 1.59 bits per heavy atom. The minimum atomic E-state index is -0.127. The van der Waals surface area contributed by atoms with Crippen molar-refractivity contribution in [1.82, 2.24) is 9.88 Å². The molecule has 0 radical (unpaired) electrons. The highest BCUT2D eigenvalue weighted by atomic mass is 16.5. The van der Waals surface area contributed by atoms with Gasteiger partial charge >= 0.3 is 0 Å². The van der Waals surface area contributed by atoms with Gasteiger partial charge in [-0.3, -0.25) is 4.79 Å². The van der Waals surface area contributed by atoms with Crippen molar-refractivity contribution in [3.8, 4) is 23.0 Å². The number of nitrogens with one attached hydrogen (secondary N) is 1. The Hall–Kier alpha value is -3.19. The lowest BCUT2D eigenvalue weighted by Gasteiger charge is -2.14. The van der Waals surface area contributed by atoms with Gasteiger partial charge in [-0.1, -0.05) is 0 Å². The predicted octanol–water partition coefficient (Wildman–Crippen LogP) is 3.49. The molecule has 0 saturated carbocycles. The summed E-state index contributed by atoms with van der Waals surface area (Å²) in [5.41, 5.74) is 2.75. The van der Waals surface area contributed by atoms with Gasteiger partial charge in [0.25, 0.3) is 0 Å². The van der Waals surface area contributed by atoms with Crippen LogP contribution in [0.3, 0.4) is 0 Å². The van der Waals surface area contributed by atoms with E-state index in [9.17, 15) is 4.79 Å². The zero-order chi connectivity index (χ0) is 21.1. The van der Waals surface area contributed by atoms with E-state index >= 15 is 0 Å². The maximum atomic E-state index is 13.6. The summed E-state index contributed by atoms with van der Waals surface area (Å²) in [5, 5.41) is 0.835. The monoisotopic (exact) mass is 398 g/mol. The fourth-order valence-corrected chi connectivity index (χ4v) is 3.41. The highest BCUT2D eigenvalue weighted by molar-refractivity contribution is 6.18. The Kier molecular flexibility index (Phi) is 5.98. The zero-order valence-corrected chi connectivity index (χ0v) is 17.6. The molecular formula is C22H26N2O5. The largest absolute Gasteiger partial charge is 0.497 e. The number of aromatic amines is 1. The molecule has 0 aliphatic heterocycles. The number of ketones is 1. The highest BCUT2D eigenvalue weighted by Crippen LogP contribution is 2.39. The number of H-pyrrole nitrogens is 1. The SMILES string of the molecule is COc1ccc2c(C(=O)c3cc(OC)c(OC)c(OC)c3)c(CN(C)C)[nH]c2c1. The lowest BCUT2D eigenvalue weighted by Crippen LogP contribution is -2.14. The molecule has 7 heteroatoms. The van der Waals surface area contributed by atoms with Crippen LogP contribution < -0.4 is 18.9 Å². The minimum absolute atomic E-state index is 0.127. The number of aromatic nitrogens is 1. The fourth-order valence-electron chi connectivity index (χ4n) is 3.41. The summed E-state index contributed by atoms with van der Waals surface area (Å²) in [6.07, 6.45) is 0. The van der Waals surface area contributed by atoms with Gasteiger partial charge in [0.05, 0.1) is 39.5 Å². The normalized spacial score (nSPS) is 11.0. The lowest BCUT2D eigenvalue weighted by atomic mass is 9.99. The average molecular weight is 398 g/mol. The molecule has 0 aliphatic carbocycles. The standard InChI is InChI=1S/C22H26N2O5/c1-24(2)12-17-20(15-8-7-14(26-3)11-16(15)23-17)21(25)13-9-18(27-4)22(29-6)19(10-13)28-5/h7-11,23H,12H2,1-6H3. The molecule has 0 bridgehead atoms. The lowest BCUT2D eigenvalue weighted by molar-refractivity contribution is 0.103. The van der Waals surface area contributed by atoms with Crippen LogP contribution in [0.15, 0.2) is 30.3 Å². The number of ether oxygens (including phenoxy) is 4. The van der Waals surface area contributed by atoms with E-state index in [0.29, 0.717) is 34.9 Å². The first kappa shape index (κ1) is 20.5. The molecule has 2 aromatic carbocycles. The molecule has 0 fully saturated rings. The third-order valence-electron chi connectivity index (χ3n) is 4.71. The van der Waals surface area contributed by atoms with Crippen LogP contribution in [0, 0.1) is 0 Å². The van der Waals surface area contributed by atoms with Crippen LogP contribution in [0.1, 0.15) is 21.6 Å². The Bertz CT molecular complexity index is 1010. The summed E-state index contributed by atoms with van der Waals surface area (Å²) in [6, 6.07) is 8.98. The number of rotatable bonds is 8. The molecular weight excluding hydrogens is 372 g/mol. The first-order valence-electron chi connectivity index (χ1n) is 9.11. The fraction of sp³-hybridized carbons (Fsp3) is 0.318. The van der Waals surface area contributed by atoms with Crippen LogP contribution in [-0.4, -0.2) is 58.2 Å². The highest BCUT2D eigenvalue weighted by Gasteiger charge is 2.24. The molecule has 1 heterocycles. The number of carbonyl (C=O) groups excluding carboxylic acids is 1. The van der Waals surface area contributed by atoms with Gasteiger partial charge in [0.1, 0.15) is 5.75 Å². The number of methoxy groups -OCH3 is 4. The summed E-state index contributed by atoms with van der Waals surface area (Å²) < 4.78 is 21.5. The van der Waals surface area contributed by atoms with Gasteiger partial charge in [-0.15, -0.1) is 0 Å². The quantitative estimate of drug-likeness (QED) is 0.586. The first-order valence-corrected chi connectivity index (χ1v) is 9.11. The molecule has 154 valence electrons. The van der Waals surface area contributed by atoms with E-state index < -0.39 is 0 Å². The molecule has 29 heavy (non-hydrogen) atoms. The van der Waals surface area contributed by atoms with Crippen molar-refractivity contribution in [3.63, 3.8) is 0 Å². The van der Waals surface area contributed by atoms with Crippen molar-refractivity contribution in [2.45, 2.75) is 6.54 Å². The molecule has 7 nitrogen and oxygen atoms in total. The van der Waals surface area contributed by atoms with Crippen molar-refractivity contribution in [3.05, 3.63) is 47.2 Å². The van der Waals surface area contributed by atoms with Gasteiger partial charge in [-0.05, 0) is 38.4 Å². The Morgan fingerprint density at radius 3 is 2.10 bits per heavy atom. The first-order chi connectivity index (χ1) is 13.9. The van der Waals surface area contributed by atoms with Gasteiger partial charge in [0.2, 0.25) is 5.75 Å². The van der Waals surface area contributed by atoms with Gasteiger partial charge in [0, 0.05) is 29.3 Å². The van der Waals surface area contributed by atoms with Crippen molar-refractivity contribution < 1.29 is 23.7 Å². The molecule has 3 rings (SSSR count). The van der Waals surface area contributed by atoms with Gasteiger partial charge in [-0.25, -0.2) is 0 Å². The number of fused-ring (bicyclic) bond motifs is 1. The van der Waals surface area contributed by atoms with Gasteiger partial charge in [0.15, 0.2) is 17.3 Å². The van der Waals surface area contributed by atoms with E-state index in [1.807, 2.05) is 37.2 Å². The maximum absolute atomic E-state index is 13.6. The topological polar surface area (TPSA) is 73.0 Å². The third-order valence-corrected chi connectivity index (χ3v) is 4.71. The van der Waals surface area contributed by atoms with E-state index in [1.54, 1.807) is 19.2 Å². The molecule has 0 unspecified atom stereocenters. The number of hydrogen-bond acceptors (Lipinski definition) is 6. The van der Waals surface area contributed by atoms with Crippen LogP contribution >= 0.6 is 0 Å². The van der Waals surface area contributed by atoms with Crippen molar-refractivity contribution in [1.29, 1.82) is 0 Å². The van der Waals surface area contributed by atoms with Crippen LogP contribution in [-0.2, 0) is 6.54 Å². The molecule has 0 aliphatic rings. The van der Waals surface area contributed by atoms with Gasteiger partial charge < -0.3 is 28.8 Å². The molecule has 0 atom stereocenters. The smallest absolute Gasteiger partial charge is 0.203 e. The number of benzene rings is 2. The summed E-state index contributed by atoms with van der Waals surface area (Å²) in [4.78, 5) is 19.0. The molecule has 1 aromatic heterocycles. The van der Waals surface area contributed by atoms with Crippen LogP contribution in [0.2, 0.25) is 0 Å². The zero-order valence-electron chi connectivity index (χ0n) is 17.6. The van der Waals surface area contributed by atoms with Crippen molar-refractivity contribution in [2.24, 2.45) is 0 Å². The Morgan fingerprint density at radius 1 is 0.931 bits per heavy atom. The van der Waals surface area contributed by atoms with Crippen LogP contribution in [0.4, 0.5) is 0 Å². The van der Waals surface area contributed by atoms with E-state index in [0.717, 1.165) is 22.3 Å². The number of nitrogens with zero attached hydrogens (tertiary/aromatic N) is 1. The van der Waals surface area contributed by atoms with E-state index in [4.69, 9.17) is 18.9 Å². The molecule has 1 N–H and O–H groups in total. The van der Waals surface area contributed by atoms with E-state index in [2.05, 4.69) is 4.98 Å².